The first kappa shape index (κ1) is 17.0. The van der Waals surface area contributed by atoms with Crippen LogP contribution in [0.1, 0.15) is 31.0 Å². The minimum absolute atomic E-state index is 0.281. The molecule has 3 heterocycles. The Bertz CT molecular complexity index is 855. The van der Waals surface area contributed by atoms with E-state index in [1.54, 1.807) is 10.8 Å². The lowest BCUT2D eigenvalue weighted by atomic mass is 9.88. The summed E-state index contributed by atoms with van der Waals surface area (Å²) in [6.07, 6.45) is 4.96. The first-order valence-electron chi connectivity index (χ1n) is 9.41. The van der Waals surface area contributed by atoms with Crippen molar-refractivity contribution in [2.75, 3.05) is 18.0 Å². The van der Waals surface area contributed by atoms with Crippen molar-refractivity contribution < 1.29 is 5.11 Å². The number of rotatable bonds is 5. The predicted octanol–water partition coefficient (Wildman–Crippen LogP) is 2.51. The van der Waals surface area contributed by atoms with Gasteiger partial charge in [0.25, 0.3) is 0 Å². The Labute approximate surface area is 153 Å². The van der Waals surface area contributed by atoms with Gasteiger partial charge in [-0.3, -0.25) is 0 Å². The Morgan fingerprint density at radius 2 is 1.96 bits per heavy atom. The molecule has 1 N–H and O–H groups in total. The number of aliphatic hydroxyl groups excluding tert-OH is 1. The summed E-state index contributed by atoms with van der Waals surface area (Å²) in [5.74, 6) is 0.341. The van der Waals surface area contributed by atoms with Crippen LogP contribution in [0.2, 0.25) is 0 Å². The van der Waals surface area contributed by atoms with E-state index in [0.717, 1.165) is 55.8 Å². The van der Waals surface area contributed by atoms with Crippen LogP contribution in [-0.2, 0) is 12.8 Å². The summed E-state index contributed by atoms with van der Waals surface area (Å²) < 4.78 is 1.77. The molecular weight excluding hydrogens is 326 g/mol. The molecule has 0 amide bonds. The highest BCUT2D eigenvalue weighted by atomic mass is 16.3. The molecule has 0 bridgehead atoms. The topological polar surface area (TPSA) is 66.5 Å². The van der Waals surface area contributed by atoms with Crippen LogP contribution in [0.5, 0.6) is 0 Å². The average molecular weight is 351 g/mol. The first-order chi connectivity index (χ1) is 12.7. The van der Waals surface area contributed by atoms with E-state index in [-0.39, 0.29) is 6.10 Å². The number of hydrogen-bond acceptors (Lipinski definition) is 5. The normalized spacial score (nSPS) is 16.9. The van der Waals surface area contributed by atoms with E-state index in [4.69, 9.17) is 0 Å². The second kappa shape index (κ2) is 7.41. The monoisotopic (exact) mass is 351 g/mol. The minimum atomic E-state index is -0.281. The summed E-state index contributed by atoms with van der Waals surface area (Å²) in [6, 6.07) is 12.4. The molecule has 1 aromatic carbocycles. The minimum Gasteiger partial charge on any atom is -0.392 e. The summed E-state index contributed by atoms with van der Waals surface area (Å²) in [7, 11) is 0. The van der Waals surface area contributed by atoms with Gasteiger partial charge in [0.05, 0.1) is 17.5 Å². The zero-order chi connectivity index (χ0) is 17.9. The Kier molecular flexibility index (Phi) is 4.84. The van der Waals surface area contributed by atoms with Crippen molar-refractivity contribution >= 4 is 11.3 Å². The summed E-state index contributed by atoms with van der Waals surface area (Å²) in [4.78, 5) is 2.36. The molecule has 1 unspecified atom stereocenters. The SMILES string of the molecule is CCc1cc(N2CCC(C(O)Cc3ccccc3)CC2)c2nncn2n1. The van der Waals surface area contributed by atoms with E-state index in [2.05, 4.69) is 45.3 Å². The van der Waals surface area contributed by atoms with Crippen LogP contribution in [0.15, 0.2) is 42.7 Å². The fourth-order valence-electron chi connectivity index (χ4n) is 3.81. The van der Waals surface area contributed by atoms with Crippen molar-refractivity contribution in [2.45, 2.75) is 38.7 Å². The average Bonchev–Trinajstić information content (AvgIpc) is 3.16. The quantitative estimate of drug-likeness (QED) is 0.765. The number of fused-ring (bicyclic) bond motifs is 1. The predicted molar refractivity (Wildman–Crippen MR) is 101 cm³/mol. The number of nitrogens with zero attached hydrogens (tertiary/aromatic N) is 5. The van der Waals surface area contributed by atoms with Crippen LogP contribution in [0, 0.1) is 5.92 Å². The van der Waals surface area contributed by atoms with Crippen LogP contribution in [0.4, 0.5) is 5.69 Å². The second-order valence-electron chi connectivity index (χ2n) is 7.06. The van der Waals surface area contributed by atoms with Gasteiger partial charge in [0, 0.05) is 13.1 Å². The fraction of sp³-hybridized carbons (Fsp3) is 0.450. The molecule has 1 atom stereocenters. The second-order valence-corrected chi connectivity index (χ2v) is 7.06. The molecule has 6 nitrogen and oxygen atoms in total. The standard InChI is InChI=1S/C20H25N5O/c1-2-17-13-18(20-22-21-14-25(20)23-17)24-10-8-16(9-11-24)19(26)12-15-6-4-3-5-7-15/h3-7,13-14,16,19,26H,2,8-12H2,1H3. The van der Waals surface area contributed by atoms with Crippen LogP contribution in [0.25, 0.3) is 5.65 Å². The van der Waals surface area contributed by atoms with Crippen LogP contribution in [-0.4, -0.2) is 44.1 Å². The van der Waals surface area contributed by atoms with Gasteiger partial charge in [0.1, 0.15) is 6.33 Å². The molecule has 26 heavy (non-hydrogen) atoms. The maximum absolute atomic E-state index is 10.7. The van der Waals surface area contributed by atoms with Gasteiger partial charge in [0.2, 0.25) is 5.65 Å². The smallest absolute Gasteiger partial charge is 0.200 e. The molecule has 0 spiro atoms. The van der Waals surface area contributed by atoms with Gasteiger partial charge < -0.3 is 10.0 Å². The number of aromatic nitrogens is 4. The number of hydrogen-bond donors (Lipinski definition) is 1. The van der Waals surface area contributed by atoms with Gasteiger partial charge in [-0.25, -0.2) is 0 Å². The summed E-state index contributed by atoms with van der Waals surface area (Å²) in [5.41, 5.74) is 4.16. The number of aryl methyl sites for hydroxylation is 1. The largest absolute Gasteiger partial charge is 0.392 e. The van der Waals surface area contributed by atoms with Gasteiger partial charge in [-0.15, -0.1) is 10.2 Å². The van der Waals surface area contributed by atoms with Crippen molar-refractivity contribution in [3.05, 3.63) is 54.0 Å². The summed E-state index contributed by atoms with van der Waals surface area (Å²) >= 11 is 0. The van der Waals surface area contributed by atoms with Gasteiger partial charge >= 0.3 is 0 Å². The third-order valence-electron chi connectivity index (χ3n) is 5.37. The van der Waals surface area contributed by atoms with E-state index in [1.165, 1.54) is 5.56 Å². The lowest BCUT2D eigenvalue weighted by molar-refractivity contribution is 0.0930. The lowest BCUT2D eigenvalue weighted by Gasteiger charge is -2.35. The van der Waals surface area contributed by atoms with Crippen molar-refractivity contribution in [1.29, 1.82) is 0 Å². The van der Waals surface area contributed by atoms with Gasteiger partial charge in [0.15, 0.2) is 0 Å². The molecule has 3 aromatic rings. The molecule has 0 aliphatic carbocycles. The molecular formula is C20H25N5O. The third-order valence-corrected chi connectivity index (χ3v) is 5.37. The maximum Gasteiger partial charge on any atom is 0.200 e. The maximum atomic E-state index is 10.7. The van der Waals surface area contributed by atoms with Crippen molar-refractivity contribution in [1.82, 2.24) is 19.8 Å². The van der Waals surface area contributed by atoms with Crippen molar-refractivity contribution in [3.63, 3.8) is 0 Å². The number of anilines is 1. The highest BCUT2D eigenvalue weighted by Gasteiger charge is 2.27. The Morgan fingerprint density at radius 3 is 2.69 bits per heavy atom. The molecule has 6 heteroatoms. The lowest BCUT2D eigenvalue weighted by Crippen LogP contribution is -2.38. The van der Waals surface area contributed by atoms with E-state index < -0.39 is 0 Å². The molecule has 136 valence electrons. The molecule has 0 radical (unpaired) electrons. The molecule has 1 aliphatic rings. The Hall–Kier alpha value is -2.47. The van der Waals surface area contributed by atoms with Crippen molar-refractivity contribution in [3.8, 4) is 0 Å². The molecule has 1 fully saturated rings. The van der Waals surface area contributed by atoms with Crippen LogP contribution < -0.4 is 4.90 Å². The van der Waals surface area contributed by atoms with E-state index >= 15 is 0 Å². The molecule has 4 rings (SSSR count). The Balaban J connectivity index is 1.44. The van der Waals surface area contributed by atoms with E-state index in [9.17, 15) is 5.11 Å². The Morgan fingerprint density at radius 1 is 1.19 bits per heavy atom. The van der Waals surface area contributed by atoms with Gasteiger partial charge in [-0.1, -0.05) is 37.3 Å². The number of aliphatic hydroxyl groups is 1. The zero-order valence-electron chi connectivity index (χ0n) is 15.1. The summed E-state index contributed by atoms with van der Waals surface area (Å²) in [6.45, 7) is 3.95. The molecule has 1 saturated heterocycles. The van der Waals surface area contributed by atoms with Crippen LogP contribution >= 0.6 is 0 Å². The fourth-order valence-corrected chi connectivity index (χ4v) is 3.81. The van der Waals surface area contributed by atoms with E-state index in [0.29, 0.717) is 5.92 Å². The molecule has 1 aliphatic heterocycles. The van der Waals surface area contributed by atoms with Crippen LogP contribution in [0.3, 0.4) is 0 Å². The number of piperidine rings is 1. The molecule has 2 aromatic heterocycles. The highest BCUT2D eigenvalue weighted by Crippen LogP contribution is 2.29. The first-order valence-corrected chi connectivity index (χ1v) is 9.41. The molecule has 0 saturated carbocycles. The van der Waals surface area contributed by atoms with Gasteiger partial charge in [-0.2, -0.15) is 9.61 Å². The number of benzene rings is 1. The highest BCUT2D eigenvalue weighted by molar-refractivity contribution is 5.68. The van der Waals surface area contributed by atoms with E-state index in [1.807, 2.05) is 18.2 Å². The van der Waals surface area contributed by atoms with Gasteiger partial charge in [-0.05, 0) is 43.2 Å². The summed E-state index contributed by atoms with van der Waals surface area (Å²) in [5, 5.41) is 23.4. The third kappa shape index (κ3) is 3.42. The van der Waals surface area contributed by atoms with Crippen molar-refractivity contribution in [2.24, 2.45) is 5.92 Å². The zero-order valence-corrected chi connectivity index (χ0v) is 15.1.